The molecule has 0 heterocycles. The zero-order valence-electron chi connectivity index (χ0n) is 13.2. The fourth-order valence-corrected chi connectivity index (χ4v) is 2.03. The summed E-state index contributed by atoms with van der Waals surface area (Å²) in [7, 11) is 1.63. The number of amides is 1. The van der Waals surface area contributed by atoms with Gasteiger partial charge >= 0.3 is 0 Å². The van der Waals surface area contributed by atoms with Gasteiger partial charge in [-0.05, 0) is 44.9 Å². The fraction of sp³-hybridized carbons (Fsp3) is 0.562. The summed E-state index contributed by atoms with van der Waals surface area (Å²) in [5.41, 5.74) is 2.31. The Labute approximate surface area is 121 Å². The molecule has 4 nitrogen and oxygen atoms in total. The summed E-state index contributed by atoms with van der Waals surface area (Å²) in [6.45, 7) is 9.34. The molecule has 1 aromatic carbocycles. The quantitative estimate of drug-likeness (QED) is 0.806. The number of hydrogen-bond donors (Lipinski definition) is 2. The normalized spacial score (nSPS) is 11.2. The molecule has 4 heteroatoms. The van der Waals surface area contributed by atoms with Crippen molar-refractivity contribution in [2.75, 3.05) is 25.6 Å². The Bertz CT molecular complexity index is 456. The second-order valence-corrected chi connectivity index (χ2v) is 5.75. The number of hydrogen-bond acceptors (Lipinski definition) is 3. The Hall–Kier alpha value is -1.55. The van der Waals surface area contributed by atoms with Crippen LogP contribution in [0, 0.1) is 6.92 Å². The van der Waals surface area contributed by atoms with E-state index in [0.29, 0.717) is 12.2 Å². The van der Waals surface area contributed by atoms with Gasteiger partial charge in [0.25, 0.3) is 5.91 Å². The first-order valence-corrected chi connectivity index (χ1v) is 7.05. The summed E-state index contributed by atoms with van der Waals surface area (Å²) >= 11 is 0. The largest absolute Gasteiger partial charge is 0.384 e. The van der Waals surface area contributed by atoms with Crippen molar-refractivity contribution in [3.8, 4) is 0 Å². The Morgan fingerprint density at radius 2 is 2.05 bits per heavy atom. The molecule has 1 rings (SSSR count). The van der Waals surface area contributed by atoms with Crippen molar-refractivity contribution in [3.63, 3.8) is 0 Å². The monoisotopic (exact) mass is 278 g/mol. The Balaban J connectivity index is 2.91. The Morgan fingerprint density at radius 3 is 2.65 bits per heavy atom. The molecular weight excluding hydrogens is 252 g/mol. The van der Waals surface area contributed by atoms with Crippen LogP contribution >= 0.6 is 0 Å². The van der Waals surface area contributed by atoms with E-state index < -0.39 is 5.54 Å². The minimum absolute atomic E-state index is 0.0781. The van der Waals surface area contributed by atoms with Gasteiger partial charge in [-0.15, -0.1) is 0 Å². The minimum Gasteiger partial charge on any atom is -0.384 e. The number of carbonyl (C=O) groups is 1. The maximum absolute atomic E-state index is 12.4. The van der Waals surface area contributed by atoms with Crippen LogP contribution in [0.3, 0.4) is 0 Å². The van der Waals surface area contributed by atoms with Crippen molar-refractivity contribution in [3.05, 3.63) is 29.3 Å². The van der Waals surface area contributed by atoms with E-state index >= 15 is 0 Å². The van der Waals surface area contributed by atoms with E-state index in [1.165, 1.54) is 0 Å². The van der Waals surface area contributed by atoms with Crippen LogP contribution in [0.4, 0.5) is 5.69 Å². The maximum Gasteiger partial charge on any atom is 0.253 e. The van der Waals surface area contributed by atoms with E-state index in [9.17, 15) is 4.79 Å². The summed E-state index contributed by atoms with van der Waals surface area (Å²) in [6.07, 6.45) is 1.02. The molecule has 2 N–H and O–H groups in total. The number of carbonyl (C=O) groups excluding carboxylic acids is 1. The van der Waals surface area contributed by atoms with Crippen LogP contribution in [-0.2, 0) is 4.74 Å². The van der Waals surface area contributed by atoms with Gasteiger partial charge in [-0.1, -0.05) is 13.0 Å². The molecular formula is C16H26N2O2. The van der Waals surface area contributed by atoms with Crippen molar-refractivity contribution < 1.29 is 9.53 Å². The van der Waals surface area contributed by atoms with Crippen LogP contribution in [-0.4, -0.2) is 31.7 Å². The number of benzene rings is 1. The van der Waals surface area contributed by atoms with Crippen LogP contribution in [0.1, 0.15) is 43.1 Å². The number of anilines is 1. The van der Waals surface area contributed by atoms with Crippen LogP contribution in [0.2, 0.25) is 0 Å². The zero-order chi connectivity index (χ0) is 15.2. The lowest BCUT2D eigenvalue weighted by molar-refractivity contribution is 0.0820. The third kappa shape index (κ3) is 4.85. The molecule has 0 saturated carbocycles. The molecule has 0 aliphatic heterocycles. The van der Waals surface area contributed by atoms with E-state index in [4.69, 9.17) is 4.74 Å². The Kier molecular flexibility index (Phi) is 6.02. The molecule has 0 bridgehead atoms. The fourth-order valence-electron chi connectivity index (χ4n) is 2.03. The summed E-state index contributed by atoms with van der Waals surface area (Å²) in [5.74, 6) is -0.0781. The van der Waals surface area contributed by atoms with Gasteiger partial charge in [-0.3, -0.25) is 4.79 Å². The number of aryl methyl sites for hydroxylation is 1. The predicted octanol–water partition coefficient (Wildman–Crippen LogP) is 2.97. The molecule has 0 atom stereocenters. The van der Waals surface area contributed by atoms with Crippen LogP contribution < -0.4 is 10.6 Å². The van der Waals surface area contributed by atoms with Crippen molar-refractivity contribution in [2.45, 2.75) is 39.7 Å². The average molecular weight is 278 g/mol. The first kappa shape index (κ1) is 16.5. The predicted molar refractivity (Wildman–Crippen MR) is 83.4 cm³/mol. The SMILES string of the molecule is CCCNc1cc(C)ccc1C(=O)NC(C)(C)COC. The third-order valence-corrected chi connectivity index (χ3v) is 2.94. The van der Waals surface area contributed by atoms with Crippen molar-refractivity contribution in [2.24, 2.45) is 0 Å². The average Bonchev–Trinajstić information content (AvgIpc) is 2.35. The molecule has 0 unspecified atom stereocenters. The lowest BCUT2D eigenvalue weighted by Gasteiger charge is -2.26. The van der Waals surface area contributed by atoms with Gasteiger partial charge in [0.2, 0.25) is 0 Å². The number of nitrogens with one attached hydrogen (secondary N) is 2. The van der Waals surface area contributed by atoms with Crippen LogP contribution in [0.25, 0.3) is 0 Å². The first-order valence-electron chi connectivity index (χ1n) is 7.05. The minimum atomic E-state index is -0.390. The highest BCUT2D eigenvalue weighted by molar-refractivity contribution is 6.00. The molecule has 0 saturated heterocycles. The zero-order valence-corrected chi connectivity index (χ0v) is 13.2. The van der Waals surface area contributed by atoms with Gasteiger partial charge < -0.3 is 15.4 Å². The number of ether oxygens (including phenoxy) is 1. The molecule has 1 aromatic rings. The van der Waals surface area contributed by atoms with E-state index in [1.807, 2.05) is 39.0 Å². The van der Waals surface area contributed by atoms with E-state index in [2.05, 4.69) is 17.6 Å². The molecule has 0 aromatic heterocycles. The lowest BCUT2D eigenvalue weighted by atomic mass is 10.0. The van der Waals surface area contributed by atoms with Crippen molar-refractivity contribution in [1.82, 2.24) is 5.32 Å². The van der Waals surface area contributed by atoms with Gasteiger partial charge in [-0.2, -0.15) is 0 Å². The van der Waals surface area contributed by atoms with Gasteiger partial charge in [0.1, 0.15) is 0 Å². The molecule has 20 heavy (non-hydrogen) atoms. The number of rotatable bonds is 7. The lowest BCUT2D eigenvalue weighted by Crippen LogP contribution is -2.46. The molecule has 0 spiro atoms. The van der Waals surface area contributed by atoms with Crippen molar-refractivity contribution >= 4 is 11.6 Å². The number of methoxy groups -OCH3 is 1. The smallest absolute Gasteiger partial charge is 0.253 e. The molecule has 0 radical (unpaired) electrons. The molecule has 0 aliphatic rings. The van der Waals surface area contributed by atoms with Crippen LogP contribution in [0.15, 0.2) is 18.2 Å². The summed E-state index contributed by atoms with van der Waals surface area (Å²) < 4.78 is 5.13. The maximum atomic E-state index is 12.4. The molecule has 0 fully saturated rings. The van der Waals surface area contributed by atoms with E-state index in [0.717, 1.165) is 24.2 Å². The van der Waals surface area contributed by atoms with Gasteiger partial charge in [0.15, 0.2) is 0 Å². The highest BCUT2D eigenvalue weighted by Gasteiger charge is 2.22. The Morgan fingerprint density at radius 1 is 1.35 bits per heavy atom. The second kappa shape index (κ2) is 7.29. The highest BCUT2D eigenvalue weighted by atomic mass is 16.5. The van der Waals surface area contributed by atoms with E-state index in [-0.39, 0.29) is 5.91 Å². The van der Waals surface area contributed by atoms with Gasteiger partial charge in [0.05, 0.1) is 17.7 Å². The van der Waals surface area contributed by atoms with Crippen molar-refractivity contribution in [1.29, 1.82) is 0 Å². The second-order valence-electron chi connectivity index (χ2n) is 5.75. The van der Waals surface area contributed by atoms with E-state index in [1.54, 1.807) is 7.11 Å². The first-order chi connectivity index (χ1) is 9.39. The summed E-state index contributed by atoms with van der Waals surface area (Å²) in [6, 6.07) is 5.83. The van der Waals surface area contributed by atoms with Gasteiger partial charge in [0, 0.05) is 19.3 Å². The molecule has 0 aliphatic carbocycles. The summed E-state index contributed by atoms with van der Waals surface area (Å²) in [4.78, 5) is 12.4. The third-order valence-electron chi connectivity index (χ3n) is 2.94. The molecule has 1 amide bonds. The standard InChI is InChI=1S/C16H26N2O2/c1-6-9-17-14-10-12(2)7-8-13(14)15(19)18-16(3,4)11-20-5/h7-8,10,17H,6,9,11H2,1-5H3,(H,18,19). The topological polar surface area (TPSA) is 50.4 Å². The van der Waals surface area contributed by atoms with Crippen LogP contribution in [0.5, 0.6) is 0 Å². The highest BCUT2D eigenvalue weighted by Crippen LogP contribution is 2.18. The molecule has 112 valence electrons. The van der Waals surface area contributed by atoms with Gasteiger partial charge in [-0.25, -0.2) is 0 Å². The summed E-state index contributed by atoms with van der Waals surface area (Å²) in [5, 5.41) is 6.32.